The van der Waals surface area contributed by atoms with Crippen molar-refractivity contribution in [3.63, 3.8) is 0 Å². The van der Waals surface area contributed by atoms with Crippen molar-refractivity contribution in [1.82, 2.24) is 4.98 Å². The molecule has 14 heavy (non-hydrogen) atoms. The Hall–Kier alpha value is -1.18. The number of Topliss-reactive ketones (excluding diaryl/α,β-unsaturated/α-hetero) is 1. The van der Waals surface area contributed by atoms with Gasteiger partial charge in [0.15, 0.2) is 5.78 Å². The number of pyridine rings is 1. The first kappa shape index (κ1) is 9.38. The van der Waals surface area contributed by atoms with Gasteiger partial charge in [-0.2, -0.15) is 0 Å². The Morgan fingerprint density at radius 3 is 2.86 bits per heavy atom. The molecule has 0 aromatic carbocycles. The van der Waals surface area contributed by atoms with E-state index in [9.17, 15) is 4.79 Å². The summed E-state index contributed by atoms with van der Waals surface area (Å²) in [5, 5.41) is 0. The Balaban J connectivity index is 2.02. The van der Waals surface area contributed by atoms with Crippen molar-refractivity contribution in [3.8, 4) is 0 Å². The van der Waals surface area contributed by atoms with Crippen molar-refractivity contribution >= 4 is 5.78 Å². The highest BCUT2D eigenvalue weighted by Crippen LogP contribution is 2.30. The maximum absolute atomic E-state index is 11.7. The highest BCUT2D eigenvalue weighted by Gasteiger charge is 2.21. The number of aromatic nitrogens is 1. The second-order valence-corrected chi connectivity index (χ2v) is 4.09. The van der Waals surface area contributed by atoms with Crippen LogP contribution < -0.4 is 0 Å². The third-order valence-corrected chi connectivity index (χ3v) is 2.87. The summed E-state index contributed by atoms with van der Waals surface area (Å²) in [4.78, 5) is 16.0. The van der Waals surface area contributed by atoms with Gasteiger partial charge < -0.3 is 0 Å². The van der Waals surface area contributed by atoms with Crippen LogP contribution in [0.15, 0.2) is 18.2 Å². The summed E-state index contributed by atoms with van der Waals surface area (Å²) in [5.74, 6) is 0.836. The minimum absolute atomic E-state index is 0.207. The molecule has 0 atom stereocenters. The Kier molecular flexibility index (Phi) is 2.62. The first-order valence-corrected chi connectivity index (χ1v) is 5.22. The lowest BCUT2D eigenvalue weighted by atomic mass is 9.81. The molecule has 0 saturated heterocycles. The summed E-state index contributed by atoms with van der Waals surface area (Å²) in [6, 6.07) is 5.63. The van der Waals surface area contributed by atoms with Crippen LogP contribution in [0.25, 0.3) is 0 Å². The van der Waals surface area contributed by atoms with E-state index in [0.717, 1.165) is 5.69 Å². The molecule has 2 rings (SSSR count). The number of hydrogen-bond acceptors (Lipinski definition) is 2. The van der Waals surface area contributed by atoms with Crippen LogP contribution in [0.3, 0.4) is 0 Å². The van der Waals surface area contributed by atoms with E-state index in [4.69, 9.17) is 0 Å². The van der Waals surface area contributed by atoms with Gasteiger partial charge in [0, 0.05) is 12.1 Å². The smallest absolute Gasteiger partial charge is 0.181 e. The van der Waals surface area contributed by atoms with E-state index in [2.05, 4.69) is 4.98 Å². The summed E-state index contributed by atoms with van der Waals surface area (Å²) in [7, 11) is 0. The topological polar surface area (TPSA) is 30.0 Å². The summed E-state index contributed by atoms with van der Waals surface area (Å²) in [6.07, 6.45) is 4.42. The van der Waals surface area contributed by atoms with Gasteiger partial charge >= 0.3 is 0 Å². The van der Waals surface area contributed by atoms with Crippen molar-refractivity contribution < 1.29 is 4.79 Å². The van der Waals surface area contributed by atoms with Gasteiger partial charge in [0.1, 0.15) is 5.69 Å². The number of aryl methyl sites for hydroxylation is 1. The minimum atomic E-state index is 0.207. The normalized spacial score (nSPS) is 16.4. The molecule has 1 heterocycles. The molecule has 0 radical (unpaired) electrons. The minimum Gasteiger partial charge on any atom is -0.292 e. The fraction of sp³-hybridized carbons (Fsp3) is 0.500. The van der Waals surface area contributed by atoms with Gasteiger partial charge in [0.25, 0.3) is 0 Å². The lowest BCUT2D eigenvalue weighted by molar-refractivity contribution is 0.0931. The summed E-state index contributed by atoms with van der Waals surface area (Å²) in [5.41, 5.74) is 1.56. The molecule has 0 bridgehead atoms. The zero-order chi connectivity index (χ0) is 9.97. The summed E-state index contributed by atoms with van der Waals surface area (Å²) >= 11 is 0. The van der Waals surface area contributed by atoms with Crippen molar-refractivity contribution in [2.45, 2.75) is 32.6 Å². The Morgan fingerprint density at radius 1 is 1.50 bits per heavy atom. The predicted octanol–water partition coefficient (Wildman–Crippen LogP) is 2.76. The summed E-state index contributed by atoms with van der Waals surface area (Å²) < 4.78 is 0. The molecule has 0 N–H and O–H groups in total. The van der Waals surface area contributed by atoms with E-state index >= 15 is 0 Å². The molecular weight excluding hydrogens is 174 g/mol. The summed E-state index contributed by atoms with van der Waals surface area (Å²) in [6.45, 7) is 1.92. The van der Waals surface area contributed by atoms with Crippen LogP contribution >= 0.6 is 0 Å². The molecule has 0 spiro atoms. The molecule has 1 saturated carbocycles. The molecule has 1 aromatic rings. The highest BCUT2D eigenvalue weighted by molar-refractivity contribution is 5.94. The molecule has 0 aliphatic heterocycles. The van der Waals surface area contributed by atoms with Gasteiger partial charge in [-0.1, -0.05) is 25.3 Å². The molecular formula is C12H15NO. The predicted molar refractivity (Wildman–Crippen MR) is 55.3 cm³/mol. The Labute approximate surface area is 84.4 Å². The van der Waals surface area contributed by atoms with E-state index in [1.807, 2.05) is 25.1 Å². The van der Waals surface area contributed by atoms with Crippen LogP contribution in [0, 0.1) is 12.8 Å². The maximum atomic E-state index is 11.7. The van der Waals surface area contributed by atoms with E-state index < -0.39 is 0 Å². The first-order chi connectivity index (χ1) is 6.75. The molecule has 1 aliphatic carbocycles. The van der Waals surface area contributed by atoms with Gasteiger partial charge in [0.2, 0.25) is 0 Å². The maximum Gasteiger partial charge on any atom is 0.181 e. The number of ketones is 1. The molecule has 0 unspecified atom stereocenters. The standard InChI is InChI=1S/C12H15NO/c1-9-4-2-7-11(13-9)12(14)8-10-5-3-6-10/h2,4,7,10H,3,5-6,8H2,1H3. The molecule has 1 aromatic heterocycles. The average Bonchev–Trinajstić information content (AvgIpc) is 2.11. The lowest BCUT2D eigenvalue weighted by Crippen LogP contribution is -2.16. The molecule has 74 valence electrons. The third kappa shape index (κ3) is 2.00. The Morgan fingerprint density at radius 2 is 2.29 bits per heavy atom. The molecule has 0 amide bonds. The van der Waals surface area contributed by atoms with Gasteiger partial charge in [0.05, 0.1) is 0 Å². The second kappa shape index (κ2) is 3.91. The lowest BCUT2D eigenvalue weighted by Gasteiger charge is -2.24. The number of carbonyl (C=O) groups is 1. The number of hydrogen-bond donors (Lipinski definition) is 0. The van der Waals surface area contributed by atoms with Gasteiger partial charge in [-0.25, -0.2) is 0 Å². The van der Waals surface area contributed by atoms with Gasteiger partial charge in [-0.05, 0) is 25.0 Å². The van der Waals surface area contributed by atoms with Crippen molar-refractivity contribution in [1.29, 1.82) is 0 Å². The van der Waals surface area contributed by atoms with Crippen LogP contribution in [0.2, 0.25) is 0 Å². The van der Waals surface area contributed by atoms with Crippen LogP contribution in [0.1, 0.15) is 41.9 Å². The van der Waals surface area contributed by atoms with Crippen LogP contribution in [0.5, 0.6) is 0 Å². The molecule has 2 nitrogen and oxygen atoms in total. The van der Waals surface area contributed by atoms with Crippen LogP contribution in [0.4, 0.5) is 0 Å². The van der Waals surface area contributed by atoms with Crippen molar-refractivity contribution in [2.75, 3.05) is 0 Å². The highest BCUT2D eigenvalue weighted by atomic mass is 16.1. The first-order valence-electron chi connectivity index (χ1n) is 5.22. The van der Waals surface area contributed by atoms with Crippen LogP contribution in [-0.2, 0) is 0 Å². The zero-order valence-electron chi connectivity index (χ0n) is 8.49. The Bertz CT molecular complexity index is 342. The number of nitrogens with zero attached hydrogens (tertiary/aromatic N) is 1. The number of carbonyl (C=O) groups excluding carboxylic acids is 1. The fourth-order valence-electron chi connectivity index (χ4n) is 1.76. The van der Waals surface area contributed by atoms with Crippen molar-refractivity contribution in [2.24, 2.45) is 5.92 Å². The van der Waals surface area contributed by atoms with E-state index in [-0.39, 0.29) is 5.78 Å². The zero-order valence-corrected chi connectivity index (χ0v) is 8.49. The third-order valence-electron chi connectivity index (χ3n) is 2.87. The average molecular weight is 189 g/mol. The van der Waals surface area contributed by atoms with Gasteiger partial charge in [-0.15, -0.1) is 0 Å². The quantitative estimate of drug-likeness (QED) is 0.684. The number of rotatable bonds is 3. The second-order valence-electron chi connectivity index (χ2n) is 4.09. The largest absolute Gasteiger partial charge is 0.292 e. The van der Waals surface area contributed by atoms with E-state index in [1.54, 1.807) is 0 Å². The van der Waals surface area contributed by atoms with Crippen molar-refractivity contribution in [3.05, 3.63) is 29.6 Å². The fourth-order valence-corrected chi connectivity index (χ4v) is 1.76. The van der Waals surface area contributed by atoms with E-state index in [1.165, 1.54) is 19.3 Å². The monoisotopic (exact) mass is 189 g/mol. The SMILES string of the molecule is Cc1cccc(C(=O)CC2CCC2)n1. The van der Waals surface area contributed by atoms with Gasteiger partial charge in [-0.3, -0.25) is 9.78 Å². The molecule has 1 aliphatic rings. The van der Waals surface area contributed by atoms with E-state index in [0.29, 0.717) is 18.0 Å². The molecule has 1 fully saturated rings. The molecule has 2 heteroatoms. The van der Waals surface area contributed by atoms with Crippen LogP contribution in [-0.4, -0.2) is 10.8 Å².